The van der Waals surface area contributed by atoms with Crippen molar-refractivity contribution in [3.05, 3.63) is 29.6 Å². The Hall–Kier alpha value is -1.62. The number of phenolic OH excluding ortho intramolecular Hbond substituents is 1. The standard InChI is InChI=1S/C13H19FN2O2/c1-4-16(3)13(18)8-15-9(2)11-6-5-10(14)7-12(11)17/h5-7,9,15,17H,4,8H2,1-3H3. The van der Waals surface area contributed by atoms with Crippen molar-refractivity contribution in [1.29, 1.82) is 0 Å². The number of carbonyl (C=O) groups is 1. The molecule has 0 aliphatic heterocycles. The third-order valence-corrected chi connectivity index (χ3v) is 2.92. The summed E-state index contributed by atoms with van der Waals surface area (Å²) < 4.78 is 12.8. The minimum Gasteiger partial charge on any atom is -0.508 e. The Morgan fingerprint density at radius 1 is 1.56 bits per heavy atom. The zero-order valence-electron chi connectivity index (χ0n) is 10.9. The molecule has 18 heavy (non-hydrogen) atoms. The molecule has 0 aliphatic carbocycles. The molecule has 0 aliphatic rings. The SMILES string of the molecule is CCN(C)C(=O)CNC(C)c1ccc(F)cc1O. The number of nitrogens with zero attached hydrogens (tertiary/aromatic N) is 1. The number of carbonyl (C=O) groups excluding carboxylic acids is 1. The van der Waals surface area contributed by atoms with Crippen LogP contribution < -0.4 is 5.32 Å². The molecule has 1 rings (SSSR count). The molecule has 2 N–H and O–H groups in total. The van der Waals surface area contributed by atoms with E-state index in [1.54, 1.807) is 11.9 Å². The molecule has 4 nitrogen and oxygen atoms in total. The Morgan fingerprint density at radius 3 is 2.78 bits per heavy atom. The number of phenols is 1. The van der Waals surface area contributed by atoms with Gasteiger partial charge in [-0.15, -0.1) is 0 Å². The summed E-state index contributed by atoms with van der Waals surface area (Å²) in [6.45, 7) is 4.54. The number of hydrogen-bond donors (Lipinski definition) is 2. The van der Waals surface area contributed by atoms with Gasteiger partial charge < -0.3 is 15.3 Å². The summed E-state index contributed by atoms with van der Waals surface area (Å²) in [5.41, 5.74) is 0.573. The van der Waals surface area contributed by atoms with E-state index in [-0.39, 0.29) is 24.2 Å². The van der Waals surface area contributed by atoms with Crippen molar-refractivity contribution in [2.45, 2.75) is 19.9 Å². The average Bonchev–Trinajstić information content (AvgIpc) is 2.34. The van der Waals surface area contributed by atoms with Crippen molar-refractivity contribution >= 4 is 5.91 Å². The predicted molar refractivity (Wildman–Crippen MR) is 67.8 cm³/mol. The van der Waals surface area contributed by atoms with Crippen LogP contribution in [0.5, 0.6) is 5.75 Å². The molecule has 1 unspecified atom stereocenters. The summed E-state index contributed by atoms with van der Waals surface area (Å²) in [7, 11) is 1.73. The van der Waals surface area contributed by atoms with Gasteiger partial charge in [-0.1, -0.05) is 6.07 Å². The third kappa shape index (κ3) is 3.70. The van der Waals surface area contributed by atoms with Crippen molar-refractivity contribution in [3.63, 3.8) is 0 Å². The van der Waals surface area contributed by atoms with Crippen molar-refractivity contribution in [3.8, 4) is 5.75 Å². The zero-order chi connectivity index (χ0) is 13.7. The maximum atomic E-state index is 12.8. The van der Waals surface area contributed by atoms with Crippen LogP contribution in [0.2, 0.25) is 0 Å². The van der Waals surface area contributed by atoms with Crippen LogP contribution >= 0.6 is 0 Å². The van der Waals surface area contributed by atoms with Gasteiger partial charge in [0.25, 0.3) is 0 Å². The Labute approximate surface area is 106 Å². The summed E-state index contributed by atoms with van der Waals surface area (Å²) in [5, 5.41) is 12.6. The van der Waals surface area contributed by atoms with Gasteiger partial charge >= 0.3 is 0 Å². The first kappa shape index (κ1) is 14.4. The van der Waals surface area contributed by atoms with Gasteiger partial charge in [-0.25, -0.2) is 4.39 Å². The van der Waals surface area contributed by atoms with Gasteiger partial charge in [0.1, 0.15) is 11.6 Å². The minimum atomic E-state index is -0.481. The van der Waals surface area contributed by atoms with E-state index in [0.29, 0.717) is 12.1 Å². The van der Waals surface area contributed by atoms with Gasteiger partial charge in [-0.3, -0.25) is 4.79 Å². The van der Waals surface area contributed by atoms with E-state index in [0.717, 1.165) is 6.07 Å². The summed E-state index contributed by atoms with van der Waals surface area (Å²) in [6, 6.07) is 3.64. The summed E-state index contributed by atoms with van der Waals surface area (Å²) in [5.74, 6) is -0.609. The van der Waals surface area contributed by atoms with Crippen molar-refractivity contribution < 1.29 is 14.3 Å². The van der Waals surface area contributed by atoms with E-state index in [9.17, 15) is 14.3 Å². The number of aromatic hydroxyl groups is 1. The second kappa shape index (κ2) is 6.35. The largest absolute Gasteiger partial charge is 0.508 e. The first-order valence-electron chi connectivity index (χ1n) is 5.91. The monoisotopic (exact) mass is 254 g/mol. The molecule has 1 aromatic rings. The Balaban J connectivity index is 2.60. The maximum absolute atomic E-state index is 12.8. The lowest BCUT2D eigenvalue weighted by atomic mass is 10.1. The van der Waals surface area contributed by atoms with E-state index in [4.69, 9.17) is 0 Å². The Bertz CT molecular complexity index is 423. The van der Waals surface area contributed by atoms with E-state index in [1.165, 1.54) is 12.1 Å². The highest BCUT2D eigenvalue weighted by Crippen LogP contribution is 2.24. The fourth-order valence-electron chi connectivity index (χ4n) is 1.54. The first-order valence-corrected chi connectivity index (χ1v) is 5.91. The molecule has 5 heteroatoms. The molecule has 1 atom stereocenters. The number of likely N-dealkylation sites (N-methyl/N-ethyl adjacent to an activating group) is 1. The molecule has 0 spiro atoms. The van der Waals surface area contributed by atoms with Gasteiger partial charge in [0.2, 0.25) is 5.91 Å². The molecule has 0 saturated carbocycles. The number of hydrogen-bond acceptors (Lipinski definition) is 3. The summed E-state index contributed by atoms with van der Waals surface area (Å²) in [4.78, 5) is 13.2. The van der Waals surface area contributed by atoms with Crippen LogP contribution in [0.1, 0.15) is 25.5 Å². The van der Waals surface area contributed by atoms with Gasteiger partial charge in [0.05, 0.1) is 6.54 Å². The quantitative estimate of drug-likeness (QED) is 0.840. The highest BCUT2D eigenvalue weighted by Gasteiger charge is 2.13. The maximum Gasteiger partial charge on any atom is 0.236 e. The number of benzene rings is 1. The molecule has 0 heterocycles. The molecule has 0 saturated heterocycles. The van der Waals surface area contributed by atoms with Gasteiger partial charge in [0.15, 0.2) is 0 Å². The van der Waals surface area contributed by atoms with Crippen molar-refractivity contribution in [1.82, 2.24) is 10.2 Å². The fourth-order valence-corrected chi connectivity index (χ4v) is 1.54. The predicted octanol–water partition coefficient (Wildman–Crippen LogP) is 1.66. The van der Waals surface area contributed by atoms with Crippen LogP contribution in [0.15, 0.2) is 18.2 Å². The molecule has 0 radical (unpaired) electrons. The molecular formula is C13H19FN2O2. The van der Waals surface area contributed by atoms with E-state index < -0.39 is 5.82 Å². The molecule has 1 aromatic carbocycles. The second-order valence-electron chi connectivity index (χ2n) is 4.21. The molecule has 0 bridgehead atoms. The van der Waals surface area contributed by atoms with Crippen LogP contribution in [-0.2, 0) is 4.79 Å². The number of rotatable bonds is 5. The van der Waals surface area contributed by atoms with Gasteiger partial charge in [-0.05, 0) is 19.9 Å². The number of halogens is 1. The Morgan fingerprint density at radius 2 is 2.22 bits per heavy atom. The lowest BCUT2D eigenvalue weighted by Crippen LogP contribution is -2.36. The Kier molecular flexibility index (Phi) is 5.09. The third-order valence-electron chi connectivity index (χ3n) is 2.92. The zero-order valence-corrected chi connectivity index (χ0v) is 10.9. The molecule has 100 valence electrons. The van der Waals surface area contributed by atoms with Crippen LogP contribution in [0.4, 0.5) is 4.39 Å². The lowest BCUT2D eigenvalue weighted by molar-refractivity contribution is -0.128. The van der Waals surface area contributed by atoms with Crippen molar-refractivity contribution in [2.24, 2.45) is 0 Å². The lowest BCUT2D eigenvalue weighted by Gasteiger charge is -2.18. The van der Waals surface area contributed by atoms with Crippen LogP contribution in [0.25, 0.3) is 0 Å². The second-order valence-corrected chi connectivity index (χ2v) is 4.21. The van der Waals surface area contributed by atoms with Crippen LogP contribution in [0.3, 0.4) is 0 Å². The minimum absolute atomic E-state index is 0.0223. The summed E-state index contributed by atoms with van der Waals surface area (Å²) >= 11 is 0. The molecule has 0 aromatic heterocycles. The fraction of sp³-hybridized carbons (Fsp3) is 0.462. The van der Waals surface area contributed by atoms with Gasteiger partial charge in [0, 0.05) is 31.3 Å². The van der Waals surface area contributed by atoms with Gasteiger partial charge in [-0.2, -0.15) is 0 Å². The average molecular weight is 254 g/mol. The smallest absolute Gasteiger partial charge is 0.236 e. The topological polar surface area (TPSA) is 52.6 Å². The number of nitrogens with one attached hydrogen (secondary N) is 1. The normalized spacial score (nSPS) is 12.2. The van der Waals surface area contributed by atoms with E-state index >= 15 is 0 Å². The molecular weight excluding hydrogens is 235 g/mol. The first-order chi connectivity index (χ1) is 8.45. The highest BCUT2D eigenvalue weighted by atomic mass is 19.1. The molecule has 1 amide bonds. The van der Waals surface area contributed by atoms with E-state index in [1.807, 2.05) is 13.8 Å². The summed E-state index contributed by atoms with van der Waals surface area (Å²) in [6.07, 6.45) is 0. The molecule has 0 fully saturated rings. The van der Waals surface area contributed by atoms with Crippen LogP contribution in [0, 0.1) is 5.82 Å². The highest BCUT2D eigenvalue weighted by molar-refractivity contribution is 5.77. The van der Waals surface area contributed by atoms with Crippen molar-refractivity contribution in [2.75, 3.05) is 20.1 Å². The van der Waals surface area contributed by atoms with E-state index in [2.05, 4.69) is 5.32 Å². The number of amides is 1. The van der Waals surface area contributed by atoms with Crippen LogP contribution in [-0.4, -0.2) is 36.1 Å².